The van der Waals surface area contributed by atoms with Crippen LogP contribution in [-0.4, -0.2) is 10.9 Å². The third-order valence-electron chi connectivity index (χ3n) is 4.60. The number of nitrogens with one attached hydrogen (secondary N) is 1. The molecule has 134 valence electrons. The first kappa shape index (κ1) is 17.0. The number of hydrogen-bond donors (Lipinski definition) is 1. The fourth-order valence-electron chi connectivity index (χ4n) is 3.21. The molecule has 0 spiro atoms. The van der Waals surface area contributed by atoms with Gasteiger partial charge in [-0.05, 0) is 42.3 Å². The first-order valence-electron chi connectivity index (χ1n) is 9.06. The van der Waals surface area contributed by atoms with Crippen molar-refractivity contribution in [3.63, 3.8) is 0 Å². The van der Waals surface area contributed by atoms with Gasteiger partial charge in [-0.15, -0.1) is 0 Å². The Kier molecular flexibility index (Phi) is 4.71. The Hall–Kier alpha value is -3.40. The normalized spacial score (nSPS) is 12.0. The second-order valence-corrected chi connectivity index (χ2v) is 6.43. The molecule has 1 aromatic heterocycles. The number of hydrogen-bond acceptors (Lipinski definition) is 3. The van der Waals surface area contributed by atoms with Crippen LogP contribution in [0, 0.1) is 0 Å². The number of anilines is 1. The second-order valence-electron chi connectivity index (χ2n) is 6.43. The monoisotopic (exact) mass is 356 g/mol. The largest absolute Gasteiger partial charge is 0.436 e. The van der Waals surface area contributed by atoms with E-state index in [2.05, 4.69) is 10.3 Å². The highest BCUT2D eigenvalue weighted by Gasteiger charge is 2.19. The molecule has 0 saturated carbocycles. The first-order chi connectivity index (χ1) is 13.2. The van der Waals surface area contributed by atoms with E-state index in [4.69, 9.17) is 4.42 Å². The minimum Gasteiger partial charge on any atom is -0.436 e. The molecule has 0 saturated heterocycles. The van der Waals surface area contributed by atoms with Crippen LogP contribution in [-0.2, 0) is 4.79 Å². The zero-order valence-electron chi connectivity index (χ0n) is 15.1. The van der Waals surface area contributed by atoms with Crippen molar-refractivity contribution in [1.82, 2.24) is 4.98 Å². The summed E-state index contributed by atoms with van der Waals surface area (Å²) in [4.78, 5) is 17.3. The van der Waals surface area contributed by atoms with Gasteiger partial charge in [0.2, 0.25) is 11.8 Å². The van der Waals surface area contributed by atoms with Crippen LogP contribution in [0.15, 0.2) is 83.3 Å². The van der Waals surface area contributed by atoms with Crippen LogP contribution in [0.2, 0.25) is 0 Å². The Labute approximate surface area is 157 Å². The molecule has 1 N–H and O–H groups in total. The van der Waals surface area contributed by atoms with Crippen molar-refractivity contribution in [2.75, 3.05) is 5.32 Å². The number of carbonyl (C=O) groups excluding carboxylic acids is 1. The standard InChI is InChI=1S/C23H20N2O2/c1-2-19(16-9-4-3-5-10-16)22(26)24-18-12-8-11-17(15-18)23-25-20-13-6-7-14-21(20)27-23/h3-15,19H,2H2,1H3,(H,24,26)/t19-/m1/s1. The number of rotatable bonds is 5. The van der Waals surface area contributed by atoms with E-state index in [9.17, 15) is 4.79 Å². The van der Waals surface area contributed by atoms with E-state index in [0.717, 1.165) is 34.3 Å². The molecule has 0 radical (unpaired) electrons. The molecule has 0 aliphatic heterocycles. The van der Waals surface area contributed by atoms with Gasteiger partial charge in [0.15, 0.2) is 5.58 Å². The Morgan fingerprint density at radius 3 is 2.56 bits per heavy atom. The quantitative estimate of drug-likeness (QED) is 0.504. The van der Waals surface area contributed by atoms with Crippen molar-refractivity contribution in [3.05, 3.63) is 84.4 Å². The summed E-state index contributed by atoms with van der Waals surface area (Å²) in [5, 5.41) is 3.03. The van der Waals surface area contributed by atoms with Gasteiger partial charge in [-0.25, -0.2) is 4.98 Å². The second kappa shape index (κ2) is 7.46. The number of para-hydroxylation sites is 2. The molecular weight excluding hydrogens is 336 g/mol. The maximum absolute atomic E-state index is 12.8. The van der Waals surface area contributed by atoms with Crippen LogP contribution in [0.5, 0.6) is 0 Å². The lowest BCUT2D eigenvalue weighted by atomic mass is 9.95. The van der Waals surface area contributed by atoms with E-state index in [-0.39, 0.29) is 11.8 Å². The Balaban J connectivity index is 1.58. The summed E-state index contributed by atoms with van der Waals surface area (Å²) < 4.78 is 5.83. The van der Waals surface area contributed by atoms with Gasteiger partial charge in [-0.2, -0.15) is 0 Å². The summed E-state index contributed by atoms with van der Waals surface area (Å²) >= 11 is 0. The van der Waals surface area contributed by atoms with Crippen molar-refractivity contribution in [2.24, 2.45) is 0 Å². The minimum atomic E-state index is -0.181. The third-order valence-corrected chi connectivity index (χ3v) is 4.60. The Bertz CT molecular complexity index is 1040. The van der Waals surface area contributed by atoms with Crippen LogP contribution < -0.4 is 5.32 Å². The fraction of sp³-hybridized carbons (Fsp3) is 0.130. The molecule has 4 nitrogen and oxygen atoms in total. The van der Waals surface area contributed by atoms with E-state index < -0.39 is 0 Å². The topological polar surface area (TPSA) is 55.1 Å². The Morgan fingerprint density at radius 1 is 1.00 bits per heavy atom. The molecular formula is C23H20N2O2. The predicted molar refractivity (Wildman–Crippen MR) is 108 cm³/mol. The van der Waals surface area contributed by atoms with Crippen molar-refractivity contribution in [2.45, 2.75) is 19.3 Å². The van der Waals surface area contributed by atoms with Crippen LogP contribution in [0.25, 0.3) is 22.6 Å². The third kappa shape index (κ3) is 3.60. The summed E-state index contributed by atoms with van der Waals surface area (Å²) in [7, 11) is 0. The van der Waals surface area contributed by atoms with Crippen molar-refractivity contribution < 1.29 is 9.21 Å². The number of carbonyl (C=O) groups is 1. The number of benzene rings is 3. The molecule has 4 aromatic rings. The van der Waals surface area contributed by atoms with E-state index >= 15 is 0 Å². The number of aromatic nitrogens is 1. The van der Waals surface area contributed by atoms with Gasteiger partial charge in [-0.1, -0.05) is 55.5 Å². The van der Waals surface area contributed by atoms with Gasteiger partial charge in [0.05, 0.1) is 5.92 Å². The highest BCUT2D eigenvalue weighted by Crippen LogP contribution is 2.27. The molecule has 4 rings (SSSR count). The minimum absolute atomic E-state index is 0.0154. The summed E-state index contributed by atoms with van der Waals surface area (Å²) in [6, 6.07) is 25.1. The van der Waals surface area contributed by atoms with Crippen LogP contribution >= 0.6 is 0 Å². The molecule has 1 amide bonds. The van der Waals surface area contributed by atoms with Gasteiger partial charge in [-0.3, -0.25) is 4.79 Å². The first-order valence-corrected chi connectivity index (χ1v) is 9.06. The summed E-state index contributed by atoms with van der Waals surface area (Å²) in [5.74, 6) is 0.347. The molecule has 1 heterocycles. The lowest BCUT2D eigenvalue weighted by Crippen LogP contribution is -2.20. The number of fused-ring (bicyclic) bond motifs is 1. The van der Waals surface area contributed by atoms with Crippen molar-refractivity contribution >= 4 is 22.7 Å². The summed E-state index contributed by atoms with van der Waals surface area (Å²) in [6.45, 7) is 2.02. The Morgan fingerprint density at radius 2 is 1.78 bits per heavy atom. The van der Waals surface area contributed by atoms with Crippen LogP contribution in [0.4, 0.5) is 5.69 Å². The molecule has 0 aliphatic carbocycles. The zero-order chi connectivity index (χ0) is 18.6. The average molecular weight is 356 g/mol. The molecule has 0 unspecified atom stereocenters. The molecule has 0 aliphatic rings. The molecule has 27 heavy (non-hydrogen) atoms. The van der Waals surface area contributed by atoms with Crippen molar-refractivity contribution in [1.29, 1.82) is 0 Å². The maximum atomic E-state index is 12.8. The number of nitrogens with zero attached hydrogens (tertiary/aromatic N) is 1. The molecule has 0 bridgehead atoms. The molecule has 3 aromatic carbocycles. The van der Waals surface area contributed by atoms with E-state index in [1.165, 1.54) is 0 Å². The average Bonchev–Trinajstić information content (AvgIpc) is 3.14. The molecule has 1 atom stereocenters. The van der Waals surface area contributed by atoms with E-state index in [1.807, 2.05) is 85.8 Å². The summed E-state index contributed by atoms with van der Waals surface area (Å²) in [6.07, 6.45) is 0.737. The lowest BCUT2D eigenvalue weighted by molar-refractivity contribution is -0.117. The molecule has 4 heteroatoms. The zero-order valence-corrected chi connectivity index (χ0v) is 15.1. The number of oxazole rings is 1. The predicted octanol–water partition coefficient (Wildman–Crippen LogP) is 5.63. The lowest BCUT2D eigenvalue weighted by Gasteiger charge is -2.15. The highest BCUT2D eigenvalue weighted by atomic mass is 16.3. The van der Waals surface area contributed by atoms with E-state index in [1.54, 1.807) is 0 Å². The number of amides is 1. The van der Waals surface area contributed by atoms with Gasteiger partial charge in [0, 0.05) is 11.3 Å². The van der Waals surface area contributed by atoms with Crippen LogP contribution in [0.1, 0.15) is 24.8 Å². The van der Waals surface area contributed by atoms with Gasteiger partial charge in [0.1, 0.15) is 5.52 Å². The maximum Gasteiger partial charge on any atom is 0.231 e. The SMILES string of the molecule is CC[C@@H](C(=O)Nc1cccc(-c2nc3ccccc3o2)c1)c1ccccc1. The fourth-order valence-corrected chi connectivity index (χ4v) is 3.21. The molecule has 0 fully saturated rings. The van der Waals surface area contributed by atoms with Gasteiger partial charge in [0.25, 0.3) is 0 Å². The van der Waals surface area contributed by atoms with Gasteiger partial charge < -0.3 is 9.73 Å². The van der Waals surface area contributed by atoms with Crippen molar-refractivity contribution in [3.8, 4) is 11.5 Å². The van der Waals surface area contributed by atoms with Crippen LogP contribution in [0.3, 0.4) is 0 Å². The highest BCUT2D eigenvalue weighted by molar-refractivity contribution is 5.96. The van der Waals surface area contributed by atoms with E-state index in [0.29, 0.717) is 5.89 Å². The van der Waals surface area contributed by atoms with Gasteiger partial charge >= 0.3 is 0 Å². The smallest absolute Gasteiger partial charge is 0.231 e. The summed E-state index contributed by atoms with van der Waals surface area (Å²) in [5.41, 5.74) is 4.15.